The fourth-order valence-corrected chi connectivity index (χ4v) is 2.10. The van der Waals surface area contributed by atoms with Crippen molar-refractivity contribution in [1.29, 1.82) is 5.26 Å². The van der Waals surface area contributed by atoms with E-state index in [9.17, 15) is 0 Å². The number of hydrogen-bond donors (Lipinski definition) is 0. The van der Waals surface area contributed by atoms with Crippen molar-refractivity contribution in [2.75, 3.05) is 6.61 Å². The lowest BCUT2D eigenvalue weighted by Gasteiger charge is -2.17. The maximum Gasteiger partial charge on any atom is 0.122 e. The number of aryl methyl sites for hydroxylation is 2. The van der Waals surface area contributed by atoms with Gasteiger partial charge in [-0.15, -0.1) is 0 Å². The molecule has 1 aromatic carbocycles. The second-order valence-electron chi connectivity index (χ2n) is 4.26. The number of unbranched alkanes of at least 4 members (excludes halogenated alkanes) is 2. The van der Waals surface area contributed by atoms with E-state index in [4.69, 9.17) is 10.00 Å². The van der Waals surface area contributed by atoms with Crippen molar-refractivity contribution in [1.82, 2.24) is 0 Å². The van der Waals surface area contributed by atoms with Crippen molar-refractivity contribution >= 4 is 0 Å². The van der Waals surface area contributed by atoms with Gasteiger partial charge in [-0.1, -0.05) is 12.1 Å². The van der Waals surface area contributed by atoms with Crippen LogP contribution >= 0.6 is 0 Å². The SMILES string of the molecule is N#CCCCCc1ccc2c(c1)CCCO2. The van der Waals surface area contributed by atoms with Crippen LogP contribution in [-0.4, -0.2) is 6.61 Å². The molecule has 2 rings (SSSR count). The van der Waals surface area contributed by atoms with Gasteiger partial charge in [0, 0.05) is 6.42 Å². The Hall–Kier alpha value is -1.49. The second-order valence-corrected chi connectivity index (χ2v) is 4.26. The monoisotopic (exact) mass is 215 g/mol. The molecule has 16 heavy (non-hydrogen) atoms. The fourth-order valence-electron chi connectivity index (χ4n) is 2.10. The molecule has 0 bridgehead atoms. The number of nitrogens with zero attached hydrogens (tertiary/aromatic N) is 1. The molecular formula is C14H17NO. The Morgan fingerprint density at radius 2 is 2.25 bits per heavy atom. The predicted octanol–water partition coefficient (Wildman–Crippen LogP) is 3.25. The molecule has 0 N–H and O–H groups in total. The Bertz CT molecular complexity index is 392. The average molecular weight is 215 g/mol. The lowest BCUT2D eigenvalue weighted by Crippen LogP contribution is -2.08. The number of rotatable bonds is 4. The average Bonchev–Trinajstić information content (AvgIpc) is 2.34. The highest BCUT2D eigenvalue weighted by molar-refractivity contribution is 5.38. The molecule has 0 aromatic heterocycles. The van der Waals surface area contributed by atoms with Gasteiger partial charge in [0.05, 0.1) is 12.7 Å². The Morgan fingerprint density at radius 3 is 3.12 bits per heavy atom. The molecule has 84 valence electrons. The highest BCUT2D eigenvalue weighted by atomic mass is 16.5. The summed E-state index contributed by atoms with van der Waals surface area (Å²) >= 11 is 0. The Morgan fingerprint density at radius 1 is 1.31 bits per heavy atom. The van der Waals surface area contributed by atoms with Gasteiger partial charge in [0.25, 0.3) is 0 Å². The number of benzene rings is 1. The molecule has 0 fully saturated rings. The third-order valence-electron chi connectivity index (χ3n) is 2.98. The van der Waals surface area contributed by atoms with Gasteiger partial charge in [0.15, 0.2) is 0 Å². The molecule has 0 spiro atoms. The molecule has 1 aromatic rings. The van der Waals surface area contributed by atoms with E-state index in [-0.39, 0.29) is 0 Å². The van der Waals surface area contributed by atoms with Gasteiger partial charge in [-0.3, -0.25) is 0 Å². The highest BCUT2D eigenvalue weighted by Gasteiger charge is 2.09. The fraction of sp³-hybridized carbons (Fsp3) is 0.500. The topological polar surface area (TPSA) is 33.0 Å². The summed E-state index contributed by atoms with van der Waals surface area (Å²) in [5, 5.41) is 8.46. The number of hydrogen-bond acceptors (Lipinski definition) is 2. The lowest BCUT2D eigenvalue weighted by atomic mass is 10.00. The van der Waals surface area contributed by atoms with Crippen LogP contribution in [0.1, 0.15) is 36.8 Å². The third-order valence-corrected chi connectivity index (χ3v) is 2.98. The maximum atomic E-state index is 8.46. The van der Waals surface area contributed by atoms with Crippen molar-refractivity contribution in [3.8, 4) is 11.8 Å². The molecule has 0 amide bonds. The largest absolute Gasteiger partial charge is 0.493 e. The molecule has 0 unspecified atom stereocenters. The minimum Gasteiger partial charge on any atom is -0.493 e. The van der Waals surface area contributed by atoms with Crippen LogP contribution in [0.15, 0.2) is 18.2 Å². The summed E-state index contributed by atoms with van der Waals surface area (Å²) < 4.78 is 5.58. The smallest absolute Gasteiger partial charge is 0.122 e. The lowest BCUT2D eigenvalue weighted by molar-refractivity contribution is 0.288. The number of fused-ring (bicyclic) bond motifs is 1. The van der Waals surface area contributed by atoms with E-state index in [0.717, 1.165) is 44.5 Å². The first-order chi connectivity index (χ1) is 7.90. The van der Waals surface area contributed by atoms with Gasteiger partial charge in [-0.25, -0.2) is 0 Å². The van der Waals surface area contributed by atoms with E-state index in [1.807, 2.05) is 0 Å². The second kappa shape index (κ2) is 5.55. The molecular weight excluding hydrogens is 198 g/mol. The summed E-state index contributed by atoms with van der Waals surface area (Å²) in [6.45, 7) is 0.856. The van der Waals surface area contributed by atoms with Crippen LogP contribution in [0, 0.1) is 11.3 Å². The molecule has 2 heteroatoms. The highest BCUT2D eigenvalue weighted by Crippen LogP contribution is 2.26. The number of nitriles is 1. The minimum absolute atomic E-state index is 0.675. The molecule has 0 atom stereocenters. The molecule has 0 radical (unpaired) electrons. The summed E-state index contributed by atoms with van der Waals surface area (Å²) in [7, 11) is 0. The quantitative estimate of drug-likeness (QED) is 0.722. The normalized spacial score (nSPS) is 13.7. The van der Waals surface area contributed by atoms with Crippen molar-refractivity contribution in [3.05, 3.63) is 29.3 Å². The van der Waals surface area contributed by atoms with Gasteiger partial charge in [0.2, 0.25) is 0 Å². The van der Waals surface area contributed by atoms with E-state index in [1.165, 1.54) is 11.1 Å². The summed E-state index contributed by atoms with van der Waals surface area (Å²) in [4.78, 5) is 0. The van der Waals surface area contributed by atoms with E-state index in [0.29, 0.717) is 6.42 Å². The van der Waals surface area contributed by atoms with E-state index in [1.54, 1.807) is 0 Å². The van der Waals surface area contributed by atoms with Crippen molar-refractivity contribution in [2.45, 2.75) is 38.5 Å². The van der Waals surface area contributed by atoms with Gasteiger partial charge >= 0.3 is 0 Å². The number of ether oxygens (including phenoxy) is 1. The molecule has 0 aliphatic carbocycles. The van der Waals surface area contributed by atoms with E-state index < -0.39 is 0 Å². The standard InChI is InChI=1S/C14H17NO/c15-9-3-1-2-5-12-7-8-14-13(11-12)6-4-10-16-14/h7-8,11H,1-6,10H2. The van der Waals surface area contributed by atoms with Gasteiger partial charge in [-0.2, -0.15) is 5.26 Å². The molecule has 2 nitrogen and oxygen atoms in total. The van der Waals surface area contributed by atoms with Gasteiger partial charge in [0.1, 0.15) is 5.75 Å². The minimum atomic E-state index is 0.675. The molecule has 1 aliphatic heterocycles. The van der Waals surface area contributed by atoms with Crippen molar-refractivity contribution in [2.24, 2.45) is 0 Å². The van der Waals surface area contributed by atoms with Gasteiger partial charge in [-0.05, 0) is 49.3 Å². The zero-order valence-electron chi connectivity index (χ0n) is 9.54. The first-order valence-electron chi connectivity index (χ1n) is 6.02. The third kappa shape index (κ3) is 2.76. The summed E-state index contributed by atoms with van der Waals surface area (Å²) in [6, 6.07) is 8.69. The molecule has 0 saturated carbocycles. The van der Waals surface area contributed by atoms with Crippen LogP contribution in [0.5, 0.6) is 5.75 Å². The first-order valence-corrected chi connectivity index (χ1v) is 6.02. The molecule has 1 aliphatic rings. The Kier molecular flexibility index (Phi) is 3.82. The Balaban J connectivity index is 1.93. The van der Waals surface area contributed by atoms with Crippen LogP contribution < -0.4 is 4.74 Å². The van der Waals surface area contributed by atoms with Crippen molar-refractivity contribution < 1.29 is 4.74 Å². The van der Waals surface area contributed by atoms with Crippen LogP contribution in [0.4, 0.5) is 0 Å². The Labute approximate surface area is 96.9 Å². The van der Waals surface area contributed by atoms with E-state index >= 15 is 0 Å². The van der Waals surface area contributed by atoms with Crippen LogP contribution in [0.2, 0.25) is 0 Å². The zero-order chi connectivity index (χ0) is 11.2. The molecule has 0 saturated heterocycles. The summed E-state index contributed by atoms with van der Waals surface area (Å²) in [5.74, 6) is 1.06. The molecule has 1 heterocycles. The van der Waals surface area contributed by atoms with Crippen LogP contribution in [0.3, 0.4) is 0 Å². The van der Waals surface area contributed by atoms with Gasteiger partial charge < -0.3 is 4.74 Å². The maximum absolute atomic E-state index is 8.46. The van der Waals surface area contributed by atoms with Crippen molar-refractivity contribution in [3.63, 3.8) is 0 Å². The van der Waals surface area contributed by atoms with E-state index in [2.05, 4.69) is 24.3 Å². The predicted molar refractivity (Wildman–Crippen MR) is 63.4 cm³/mol. The summed E-state index contributed by atoms with van der Waals surface area (Å²) in [5.41, 5.74) is 2.73. The van der Waals surface area contributed by atoms with Crippen LogP contribution in [0.25, 0.3) is 0 Å². The van der Waals surface area contributed by atoms with Crippen LogP contribution in [-0.2, 0) is 12.8 Å². The zero-order valence-corrected chi connectivity index (χ0v) is 9.54. The summed E-state index contributed by atoms with van der Waals surface area (Å²) in [6.07, 6.45) is 6.13. The first kappa shape index (κ1) is 11.0.